The topological polar surface area (TPSA) is 29.1 Å². The molecule has 0 aromatic rings. The Morgan fingerprint density at radius 3 is 2.71 bits per heavy atom. The zero-order valence-electron chi connectivity index (χ0n) is 8.93. The molecule has 2 nitrogen and oxygen atoms in total. The number of rotatable bonds is 5. The maximum Gasteiger partial charge on any atom is 0.133 e. The number of piperidine rings is 1. The third-order valence-corrected chi connectivity index (χ3v) is 3.44. The minimum absolute atomic E-state index is 0.505. The van der Waals surface area contributed by atoms with Gasteiger partial charge in [-0.3, -0.25) is 4.79 Å². The largest absolute Gasteiger partial charge is 0.316 e. The summed E-state index contributed by atoms with van der Waals surface area (Å²) in [5.74, 6) is 2.05. The van der Waals surface area contributed by atoms with Crippen molar-refractivity contribution in [2.75, 3.05) is 13.1 Å². The van der Waals surface area contributed by atoms with Crippen molar-refractivity contribution in [1.82, 2.24) is 5.32 Å². The first-order valence-corrected chi connectivity index (χ1v) is 6.07. The van der Waals surface area contributed by atoms with Crippen LogP contribution in [0.2, 0.25) is 0 Å². The minimum Gasteiger partial charge on any atom is -0.316 e. The summed E-state index contributed by atoms with van der Waals surface area (Å²) in [4.78, 5) is 11.6. The fourth-order valence-corrected chi connectivity index (χ4v) is 2.29. The van der Waals surface area contributed by atoms with E-state index in [-0.39, 0.29) is 0 Å². The number of hydrogen-bond acceptors (Lipinski definition) is 2. The standard InChI is InChI=1S/C12H21NO/c14-12(6-5-10-3-4-10)8-11-2-1-7-13-9-11/h10-11,13H,1-9H2. The fourth-order valence-electron chi connectivity index (χ4n) is 2.29. The van der Waals surface area contributed by atoms with Crippen molar-refractivity contribution in [3.63, 3.8) is 0 Å². The average Bonchev–Trinajstić information content (AvgIpc) is 3.00. The summed E-state index contributed by atoms with van der Waals surface area (Å²) in [7, 11) is 0. The van der Waals surface area contributed by atoms with Crippen molar-refractivity contribution >= 4 is 5.78 Å². The van der Waals surface area contributed by atoms with Gasteiger partial charge in [0, 0.05) is 12.8 Å². The van der Waals surface area contributed by atoms with Crippen LogP contribution in [-0.4, -0.2) is 18.9 Å². The fraction of sp³-hybridized carbons (Fsp3) is 0.917. The highest BCUT2D eigenvalue weighted by atomic mass is 16.1. The number of Topliss-reactive ketones (excluding diaryl/α,β-unsaturated/α-hetero) is 1. The van der Waals surface area contributed by atoms with Gasteiger partial charge >= 0.3 is 0 Å². The van der Waals surface area contributed by atoms with Crippen LogP contribution in [0.5, 0.6) is 0 Å². The Balaban J connectivity index is 1.59. The molecule has 0 amide bonds. The second kappa shape index (κ2) is 4.92. The van der Waals surface area contributed by atoms with E-state index < -0.39 is 0 Å². The van der Waals surface area contributed by atoms with E-state index in [1.54, 1.807) is 0 Å². The summed E-state index contributed by atoms with van der Waals surface area (Å²) in [6.45, 7) is 2.21. The van der Waals surface area contributed by atoms with Crippen LogP contribution in [0.15, 0.2) is 0 Å². The van der Waals surface area contributed by atoms with E-state index in [2.05, 4.69) is 5.32 Å². The monoisotopic (exact) mass is 195 g/mol. The molecule has 1 atom stereocenters. The third-order valence-electron chi connectivity index (χ3n) is 3.44. The van der Waals surface area contributed by atoms with Gasteiger partial charge in [0.2, 0.25) is 0 Å². The quantitative estimate of drug-likeness (QED) is 0.728. The summed E-state index contributed by atoms with van der Waals surface area (Å²) >= 11 is 0. The van der Waals surface area contributed by atoms with Crippen LogP contribution < -0.4 is 5.32 Å². The molecule has 1 aliphatic carbocycles. The van der Waals surface area contributed by atoms with E-state index in [1.165, 1.54) is 32.1 Å². The molecule has 1 unspecified atom stereocenters. The van der Waals surface area contributed by atoms with Crippen LogP contribution >= 0.6 is 0 Å². The van der Waals surface area contributed by atoms with Crippen molar-refractivity contribution in [3.05, 3.63) is 0 Å². The van der Waals surface area contributed by atoms with Gasteiger partial charge in [0.1, 0.15) is 5.78 Å². The van der Waals surface area contributed by atoms with Crippen molar-refractivity contribution in [3.8, 4) is 0 Å². The maximum absolute atomic E-state index is 11.6. The molecule has 0 bridgehead atoms. The summed E-state index contributed by atoms with van der Waals surface area (Å²) in [6, 6.07) is 0. The molecule has 2 aliphatic rings. The van der Waals surface area contributed by atoms with Crippen LogP contribution in [0.3, 0.4) is 0 Å². The van der Waals surface area contributed by atoms with Crippen LogP contribution in [0.1, 0.15) is 44.9 Å². The Kier molecular flexibility index (Phi) is 3.57. The highest BCUT2D eigenvalue weighted by Gasteiger charge is 2.23. The van der Waals surface area contributed by atoms with Crippen molar-refractivity contribution in [1.29, 1.82) is 0 Å². The maximum atomic E-state index is 11.6. The van der Waals surface area contributed by atoms with Crippen LogP contribution in [0, 0.1) is 11.8 Å². The number of carbonyl (C=O) groups is 1. The lowest BCUT2D eigenvalue weighted by atomic mass is 9.92. The average molecular weight is 195 g/mol. The molecule has 0 aromatic carbocycles. The zero-order chi connectivity index (χ0) is 9.80. The molecule has 14 heavy (non-hydrogen) atoms. The van der Waals surface area contributed by atoms with Gasteiger partial charge in [-0.1, -0.05) is 12.8 Å². The van der Waals surface area contributed by atoms with Gasteiger partial charge in [0.15, 0.2) is 0 Å². The lowest BCUT2D eigenvalue weighted by Gasteiger charge is -2.21. The first-order valence-electron chi connectivity index (χ1n) is 6.07. The molecule has 1 saturated carbocycles. The van der Waals surface area contributed by atoms with E-state index in [1.807, 2.05) is 0 Å². The predicted molar refractivity (Wildman–Crippen MR) is 57.2 cm³/mol. The lowest BCUT2D eigenvalue weighted by molar-refractivity contribution is -0.120. The van der Waals surface area contributed by atoms with Crippen molar-refractivity contribution in [2.45, 2.75) is 44.9 Å². The van der Waals surface area contributed by atoms with Gasteiger partial charge < -0.3 is 5.32 Å². The molecular formula is C12H21NO. The van der Waals surface area contributed by atoms with E-state index in [9.17, 15) is 4.79 Å². The molecule has 0 spiro atoms. The molecule has 80 valence electrons. The molecule has 1 aliphatic heterocycles. The summed E-state index contributed by atoms with van der Waals surface area (Å²) < 4.78 is 0. The van der Waals surface area contributed by atoms with Crippen LogP contribution in [-0.2, 0) is 4.79 Å². The molecule has 0 aromatic heterocycles. The van der Waals surface area contributed by atoms with Crippen molar-refractivity contribution in [2.24, 2.45) is 11.8 Å². The Morgan fingerprint density at radius 2 is 2.07 bits per heavy atom. The molecule has 0 radical (unpaired) electrons. The second-order valence-electron chi connectivity index (χ2n) is 4.94. The number of nitrogens with one attached hydrogen (secondary N) is 1. The number of carbonyl (C=O) groups excluding carboxylic acids is 1. The summed E-state index contributed by atoms with van der Waals surface area (Å²) in [5, 5.41) is 3.37. The summed E-state index contributed by atoms with van der Waals surface area (Å²) in [5.41, 5.74) is 0. The SMILES string of the molecule is O=C(CCC1CC1)CC1CCCNC1. The van der Waals surface area contributed by atoms with Gasteiger partial charge in [-0.25, -0.2) is 0 Å². The van der Waals surface area contributed by atoms with Gasteiger partial charge in [-0.05, 0) is 44.2 Å². The first kappa shape index (κ1) is 10.2. The van der Waals surface area contributed by atoms with Gasteiger partial charge in [-0.2, -0.15) is 0 Å². The van der Waals surface area contributed by atoms with E-state index in [0.29, 0.717) is 11.7 Å². The van der Waals surface area contributed by atoms with E-state index >= 15 is 0 Å². The molecule has 2 rings (SSSR count). The Labute approximate surface area is 86.5 Å². The van der Waals surface area contributed by atoms with E-state index in [4.69, 9.17) is 0 Å². The Hall–Kier alpha value is -0.370. The molecule has 1 N–H and O–H groups in total. The molecule has 1 saturated heterocycles. The van der Waals surface area contributed by atoms with Gasteiger partial charge in [0.05, 0.1) is 0 Å². The molecular weight excluding hydrogens is 174 g/mol. The summed E-state index contributed by atoms with van der Waals surface area (Å²) in [6.07, 6.45) is 8.10. The Morgan fingerprint density at radius 1 is 1.21 bits per heavy atom. The van der Waals surface area contributed by atoms with Crippen LogP contribution in [0.25, 0.3) is 0 Å². The predicted octanol–water partition coefficient (Wildman–Crippen LogP) is 2.14. The van der Waals surface area contributed by atoms with E-state index in [0.717, 1.165) is 31.8 Å². The third kappa shape index (κ3) is 3.41. The lowest BCUT2D eigenvalue weighted by Crippen LogP contribution is -2.31. The van der Waals surface area contributed by atoms with Crippen LogP contribution in [0.4, 0.5) is 0 Å². The van der Waals surface area contributed by atoms with Gasteiger partial charge in [-0.15, -0.1) is 0 Å². The highest BCUT2D eigenvalue weighted by Crippen LogP contribution is 2.33. The van der Waals surface area contributed by atoms with Crippen molar-refractivity contribution < 1.29 is 4.79 Å². The molecule has 2 heteroatoms. The number of hydrogen-bond donors (Lipinski definition) is 1. The second-order valence-corrected chi connectivity index (χ2v) is 4.94. The smallest absolute Gasteiger partial charge is 0.133 e. The Bertz CT molecular complexity index is 192. The first-order chi connectivity index (χ1) is 6.84. The normalized spacial score (nSPS) is 27.6. The highest BCUT2D eigenvalue weighted by molar-refractivity contribution is 5.78. The number of ketones is 1. The minimum atomic E-state index is 0.505. The molecule has 1 heterocycles. The zero-order valence-corrected chi connectivity index (χ0v) is 8.93. The molecule has 2 fully saturated rings. The van der Waals surface area contributed by atoms with Gasteiger partial charge in [0.25, 0.3) is 0 Å².